The SMILES string of the molecule is CN(C)C(=O)CN=C(NC1CC1)N1CCN(Cc2cccs2)CC1.I. The highest BCUT2D eigenvalue weighted by molar-refractivity contribution is 14.0. The summed E-state index contributed by atoms with van der Waals surface area (Å²) in [5.74, 6) is 0.949. The molecule has 6 nitrogen and oxygen atoms in total. The third-order valence-electron chi connectivity index (χ3n) is 4.40. The molecule has 1 aromatic rings. The van der Waals surface area contributed by atoms with Gasteiger partial charge in [0.15, 0.2) is 5.96 Å². The predicted octanol–water partition coefficient (Wildman–Crippen LogP) is 1.68. The number of nitrogens with one attached hydrogen (secondary N) is 1. The van der Waals surface area contributed by atoms with Crippen LogP contribution in [-0.2, 0) is 11.3 Å². The summed E-state index contributed by atoms with van der Waals surface area (Å²) in [4.78, 5) is 24.2. The Morgan fingerprint density at radius 1 is 1.32 bits per heavy atom. The van der Waals surface area contributed by atoms with Gasteiger partial charge in [0.05, 0.1) is 0 Å². The Labute approximate surface area is 171 Å². The molecular formula is C17H28IN5OS. The molecule has 25 heavy (non-hydrogen) atoms. The van der Waals surface area contributed by atoms with Gasteiger partial charge in [-0.3, -0.25) is 9.69 Å². The zero-order valence-electron chi connectivity index (χ0n) is 15.0. The van der Waals surface area contributed by atoms with Gasteiger partial charge in [0.25, 0.3) is 0 Å². The van der Waals surface area contributed by atoms with E-state index in [1.54, 1.807) is 19.0 Å². The number of piperazine rings is 1. The van der Waals surface area contributed by atoms with Crippen molar-refractivity contribution >= 4 is 47.2 Å². The number of aliphatic imine (C=N–C) groups is 1. The van der Waals surface area contributed by atoms with Crippen LogP contribution in [0.2, 0.25) is 0 Å². The van der Waals surface area contributed by atoms with Crippen LogP contribution in [0.25, 0.3) is 0 Å². The fourth-order valence-electron chi connectivity index (χ4n) is 2.67. The van der Waals surface area contributed by atoms with Crippen molar-refractivity contribution in [3.8, 4) is 0 Å². The predicted molar refractivity (Wildman–Crippen MR) is 114 cm³/mol. The van der Waals surface area contributed by atoms with Gasteiger partial charge < -0.3 is 15.1 Å². The highest BCUT2D eigenvalue weighted by Gasteiger charge is 2.27. The summed E-state index contributed by atoms with van der Waals surface area (Å²) in [6, 6.07) is 4.86. The molecule has 0 aromatic carbocycles. The minimum absolute atomic E-state index is 0. The van der Waals surface area contributed by atoms with E-state index in [0.717, 1.165) is 38.7 Å². The minimum atomic E-state index is 0. The molecule has 0 spiro atoms. The van der Waals surface area contributed by atoms with Crippen LogP contribution in [0.15, 0.2) is 22.5 Å². The quantitative estimate of drug-likeness (QED) is 0.399. The van der Waals surface area contributed by atoms with Crippen molar-refractivity contribution in [3.63, 3.8) is 0 Å². The number of rotatable bonds is 5. The summed E-state index contributed by atoms with van der Waals surface area (Å²) in [6.07, 6.45) is 2.41. The molecule has 140 valence electrons. The van der Waals surface area contributed by atoms with Crippen LogP contribution in [0.3, 0.4) is 0 Å². The van der Waals surface area contributed by atoms with Crippen molar-refractivity contribution in [3.05, 3.63) is 22.4 Å². The molecule has 1 aromatic heterocycles. The molecule has 1 aliphatic heterocycles. The first-order valence-electron chi connectivity index (χ1n) is 8.62. The lowest BCUT2D eigenvalue weighted by Crippen LogP contribution is -2.52. The number of halogens is 1. The second kappa shape index (κ2) is 9.72. The van der Waals surface area contributed by atoms with Crippen molar-refractivity contribution in [2.45, 2.75) is 25.4 Å². The van der Waals surface area contributed by atoms with Gasteiger partial charge in [-0.05, 0) is 24.3 Å². The van der Waals surface area contributed by atoms with Crippen LogP contribution in [0.4, 0.5) is 0 Å². The first-order valence-corrected chi connectivity index (χ1v) is 9.50. The number of guanidine groups is 1. The average Bonchev–Trinajstić information content (AvgIpc) is 3.25. The van der Waals surface area contributed by atoms with Gasteiger partial charge in [-0.25, -0.2) is 4.99 Å². The molecule has 2 heterocycles. The zero-order chi connectivity index (χ0) is 16.9. The Bertz CT molecular complexity index is 566. The molecule has 2 aliphatic rings. The molecule has 0 unspecified atom stereocenters. The number of amides is 1. The van der Waals surface area contributed by atoms with Crippen molar-refractivity contribution < 1.29 is 4.79 Å². The van der Waals surface area contributed by atoms with Gasteiger partial charge in [0, 0.05) is 57.7 Å². The van der Waals surface area contributed by atoms with Gasteiger partial charge in [0.2, 0.25) is 5.91 Å². The van der Waals surface area contributed by atoms with Crippen LogP contribution in [0, 0.1) is 0 Å². The fraction of sp³-hybridized carbons (Fsp3) is 0.647. The van der Waals surface area contributed by atoms with E-state index in [1.807, 2.05) is 11.3 Å². The topological polar surface area (TPSA) is 51.2 Å². The summed E-state index contributed by atoms with van der Waals surface area (Å²) in [5.41, 5.74) is 0. The third kappa shape index (κ3) is 6.41. The molecule has 1 amide bonds. The zero-order valence-corrected chi connectivity index (χ0v) is 18.1. The number of nitrogens with zero attached hydrogens (tertiary/aromatic N) is 4. The van der Waals surface area contributed by atoms with E-state index >= 15 is 0 Å². The Kier molecular flexibility index (Phi) is 7.95. The molecule has 0 radical (unpaired) electrons. The van der Waals surface area contributed by atoms with E-state index in [9.17, 15) is 4.79 Å². The summed E-state index contributed by atoms with van der Waals surface area (Å²) in [6.45, 7) is 5.24. The second-order valence-electron chi connectivity index (χ2n) is 6.69. The van der Waals surface area contributed by atoms with Gasteiger partial charge in [-0.2, -0.15) is 0 Å². The first-order chi connectivity index (χ1) is 11.6. The number of carbonyl (C=O) groups is 1. The Morgan fingerprint density at radius 3 is 2.60 bits per heavy atom. The average molecular weight is 477 g/mol. The van der Waals surface area contributed by atoms with Crippen molar-refractivity contribution in [2.24, 2.45) is 4.99 Å². The van der Waals surface area contributed by atoms with Crippen LogP contribution >= 0.6 is 35.3 Å². The summed E-state index contributed by atoms with van der Waals surface area (Å²) in [5, 5.41) is 5.64. The maximum absolute atomic E-state index is 11.8. The lowest BCUT2D eigenvalue weighted by molar-refractivity contribution is -0.127. The van der Waals surface area contributed by atoms with Crippen molar-refractivity contribution in [1.29, 1.82) is 0 Å². The molecule has 1 N–H and O–H groups in total. The molecule has 0 bridgehead atoms. The number of likely N-dealkylation sites (N-methyl/N-ethyl adjacent to an activating group) is 1. The molecule has 1 saturated heterocycles. The van der Waals surface area contributed by atoms with E-state index in [1.165, 1.54) is 17.7 Å². The van der Waals surface area contributed by atoms with Crippen LogP contribution in [0.5, 0.6) is 0 Å². The molecule has 3 rings (SSSR count). The lowest BCUT2D eigenvalue weighted by Gasteiger charge is -2.36. The molecule has 2 fully saturated rings. The summed E-state index contributed by atoms with van der Waals surface area (Å²) in [7, 11) is 3.55. The van der Waals surface area contributed by atoms with Gasteiger partial charge in [-0.15, -0.1) is 35.3 Å². The number of hydrogen-bond acceptors (Lipinski definition) is 4. The monoisotopic (exact) mass is 477 g/mol. The number of hydrogen-bond donors (Lipinski definition) is 1. The van der Waals surface area contributed by atoms with Gasteiger partial charge >= 0.3 is 0 Å². The number of thiophene rings is 1. The molecule has 1 saturated carbocycles. The molecular weight excluding hydrogens is 449 g/mol. The maximum Gasteiger partial charge on any atom is 0.243 e. The Hall–Kier alpha value is -0.870. The van der Waals surface area contributed by atoms with E-state index < -0.39 is 0 Å². The fourth-order valence-corrected chi connectivity index (χ4v) is 3.42. The van der Waals surface area contributed by atoms with Gasteiger partial charge in [-0.1, -0.05) is 6.07 Å². The first kappa shape index (κ1) is 20.4. The van der Waals surface area contributed by atoms with Gasteiger partial charge in [0.1, 0.15) is 6.54 Å². The summed E-state index contributed by atoms with van der Waals surface area (Å²) < 4.78 is 0. The number of carbonyl (C=O) groups excluding carboxylic acids is 1. The van der Waals surface area contributed by atoms with Crippen LogP contribution < -0.4 is 5.32 Å². The van der Waals surface area contributed by atoms with Crippen molar-refractivity contribution in [2.75, 3.05) is 46.8 Å². The second-order valence-corrected chi connectivity index (χ2v) is 7.72. The van der Waals surface area contributed by atoms with E-state index in [4.69, 9.17) is 0 Å². The van der Waals surface area contributed by atoms with E-state index in [0.29, 0.717) is 6.04 Å². The molecule has 0 atom stereocenters. The Morgan fingerprint density at radius 2 is 2.04 bits per heavy atom. The third-order valence-corrected chi connectivity index (χ3v) is 5.27. The van der Waals surface area contributed by atoms with Crippen molar-refractivity contribution in [1.82, 2.24) is 20.0 Å². The Balaban J connectivity index is 0.00000225. The highest BCUT2D eigenvalue weighted by Crippen LogP contribution is 2.19. The lowest BCUT2D eigenvalue weighted by atomic mass is 10.3. The molecule has 8 heteroatoms. The van der Waals surface area contributed by atoms with E-state index in [-0.39, 0.29) is 36.4 Å². The van der Waals surface area contributed by atoms with Crippen LogP contribution in [0.1, 0.15) is 17.7 Å². The standard InChI is InChI=1S/C17H27N5OS.HI/c1-20(2)16(23)12-18-17(19-14-5-6-14)22-9-7-21(8-10-22)13-15-4-3-11-24-15;/h3-4,11,14H,5-10,12-13H2,1-2H3,(H,18,19);1H. The normalized spacial score (nSPS) is 18.6. The minimum Gasteiger partial charge on any atom is -0.353 e. The largest absolute Gasteiger partial charge is 0.353 e. The van der Waals surface area contributed by atoms with E-state index in [2.05, 4.69) is 37.6 Å². The smallest absolute Gasteiger partial charge is 0.243 e. The van der Waals surface area contributed by atoms with Crippen LogP contribution in [-0.4, -0.2) is 79.4 Å². The highest BCUT2D eigenvalue weighted by atomic mass is 127. The molecule has 1 aliphatic carbocycles. The summed E-state index contributed by atoms with van der Waals surface area (Å²) >= 11 is 1.82. The maximum atomic E-state index is 11.8.